The predicted molar refractivity (Wildman–Crippen MR) is 99.7 cm³/mol. The molecule has 0 radical (unpaired) electrons. The highest BCUT2D eigenvalue weighted by Crippen LogP contribution is 2.18. The molecule has 0 saturated carbocycles. The largest absolute Gasteiger partial charge is 0.490 e. The number of carbonyl (C=O) groups excluding carboxylic acids is 2. The molecule has 2 amide bonds. The van der Waals surface area contributed by atoms with Crippen LogP contribution in [-0.2, 0) is 9.59 Å². The number of benzene rings is 1. The standard InChI is InChI=1S/C18H27N3O3.ClH/c1-13(2)17(19)18(23)20-12-16(22)21-10-8-15(9-11-21)24-14-6-4-3-5-7-14;/h3-7,13,15,17H,8-12,19H2,1-2H3,(H,20,23);1H/t17-;/m0./s1. The van der Waals surface area contributed by atoms with Crippen molar-refractivity contribution < 1.29 is 14.3 Å². The lowest BCUT2D eigenvalue weighted by atomic mass is 10.1. The van der Waals surface area contributed by atoms with E-state index in [2.05, 4.69) is 5.32 Å². The van der Waals surface area contributed by atoms with Gasteiger partial charge in [0.15, 0.2) is 0 Å². The van der Waals surface area contributed by atoms with Crippen LogP contribution in [-0.4, -0.2) is 48.5 Å². The molecule has 3 N–H and O–H groups in total. The quantitative estimate of drug-likeness (QED) is 0.797. The van der Waals surface area contributed by atoms with E-state index in [0.717, 1.165) is 18.6 Å². The summed E-state index contributed by atoms with van der Waals surface area (Å²) in [6.45, 7) is 5.04. The normalized spacial score (nSPS) is 16.1. The Hall–Kier alpha value is -1.79. The van der Waals surface area contributed by atoms with Crippen molar-refractivity contribution in [1.29, 1.82) is 0 Å². The molecule has 0 aromatic heterocycles. The highest BCUT2D eigenvalue weighted by atomic mass is 35.5. The Kier molecular flexibility index (Phi) is 8.72. The number of para-hydroxylation sites is 1. The van der Waals surface area contributed by atoms with E-state index in [1.807, 2.05) is 44.2 Å². The summed E-state index contributed by atoms with van der Waals surface area (Å²) in [5.41, 5.74) is 5.76. The average Bonchev–Trinajstić information content (AvgIpc) is 2.60. The van der Waals surface area contributed by atoms with Gasteiger partial charge in [0.25, 0.3) is 0 Å². The maximum absolute atomic E-state index is 12.2. The van der Waals surface area contributed by atoms with Gasteiger partial charge in [-0.05, 0) is 18.1 Å². The third kappa shape index (κ3) is 6.55. The highest BCUT2D eigenvalue weighted by molar-refractivity contribution is 5.87. The Balaban J connectivity index is 0.00000312. The number of nitrogens with zero attached hydrogens (tertiary/aromatic N) is 1. The van der Waals surface area contributed by atoms with E-state index in [-0.39, 0.29) is 42.8 Å². The number of hydrogen-bond acceptors (Lipinski definition) is 4. The van der Waals surface area contributed by atoms with Crippen LogP contribution >= 0.6 is 12.4 Å². The van der Waals surface area contributed by atoms with Gasteiger partial charge in [0.2, 0.25) is 11.8 Å². The lowest BCUT2D eigenvalue weighted by Gasteiger charge is -2.32. The first-order chi connectivity index (χ1) is 11.5. The minimum Gasteiger partial charge on any atom is -0.490 e. The number of likely N-dealkylation sites (tertiary alicyclic amines) is 1. The Morgan fingerprint density at radius 1 is 1.24 bits per heavy atom. The second-order valence-corrected chi connectivity index (χ2v) is 6.50. The molecule has 25 heavy (non-hydrogen) atoms. The maximum atomic E-state index is 12.2. The van der Waals surface area contributed by atoms with Crippen LogP contribution in [0.1, 0.15) is 26.7 Å². The van der Waals surface area contributed by atoms with E-state index < -0.39 is 6.04 Å². The van der Waals surface area contributed by atoms with Gasteiger partial charge in [0.05, 0.1) is 12.6 Å². The molecule has 140 valence electrons. The van der Waals surface area contributed by atoms with Gasteiger partial charge >= 0.3 is 0 Å². The third-order valence-corrected chi connectivity index (χ3v) is 4.28. The zero-order chi connectivity index (χ0) is 17.5. The molecule has 1 fully saturated rings. The van der Waals surface area contributed by atoms with Gasteiger partial charge in [-0.3, -0.25) is 9.59 Å². The molecule has 0 spiro atoms. The molecule has 6 nitrogen and oxygen atoms in total. The van der Waals surface area contributed by atoms with Crippen molar-refractivity contribution in [2.45, 2.75) is 38.8 Å². The highest BCUT2D eigenvalue weighted by Gasteiger charge is 2.25. The van der Waals surface area contributed by atoms with E-state index in [0.29, 0.717) is 13.1 Å². The van der Waals surface area contributed by atoms with Crippen LogP contribution in [0.3, 0.4) is 0 Å². The number of nitrogens with one attached hydrogen (secondary N) is 1. The zero-order valence-corrected chi connectivity index (χ0v) is 15.6. The monoisotopic (exact) mass is 369 g/mol. The van der Waals surface area contributed by atoms with Gasteiger partial charge in [0.1, 0.15) is 11.9 Å². The number of amides is 2. The van der Waals surface area contributed by atoms with Crippen LogP contribution in [0, 0.1) is 5.92 Å². The van der Waals surface area contributed by atoms with E-state index in [1.165, 1.54) is 0 Å². The summed E-state index contributed by atoms with van der Waals surface area (Å²) in [7, 11) is 0. The van der Waals surface area contributed by atoms with E-state index >= 15 is 0 Å². The van der Waals surface area contributed by atoms with Crippen molar-refractivity contribution in [3.05, 3.63) is 30.3 Å². The Morgan fingerprint density at radius 3 is 2.40 bits per heavy atom. The number of hydrogen-bond donors (Lipinski definition) is 2. The second-order valence-electron chi connectivity index (χ2n) is 6.50. The second kappa shape index (κ2) is 10.3. The molecule has 0 unspecified atom stereocenters. The molecule has 0 bridgehead atoms. The molecular formula is C18H28ClN3O3. The van der Waals surface area contributed by atoms with Crippen molar-refractivity contribution in [2.75, 3.05) is 19.6 Å². The Bertz CT molecular complexity index is 546. The lowest BCUT2D eigenvalue weighted by Crippen LogP contribution is -2.49. The fourth-order valence-corrected chi connectivity index (χ4v) is 2.61. The number of piperidine rings is 1. The van der Waals surface area contributed by atoms with Gasteiger partial charge in [-0.15, -0.1) is 12.4 Å². The molecule has 1 heterocycles. The first-order valence-electron chi connectivity index (χ1n) is 8.50. The summed E-state index contributed by atoms with van der Waals surface area (Å²) in [5, 5.41) is 2.63. The Labute approximate surface area is 155 Å². The van der Waals surface area contributed by atoms with Crippen LogP contribution in [0.25, 0.3) is 0 Å². The Morgan fingerprint density at radius 2 is 1.84 bits per heavy atom. The van der Waals surface area contributed by atoms with Gasteiger partial charge < -0.3 is 20.7 Å². The first-order valence-corrected chi connectivity index (χ1v) is 8.50. The minimum atomic E-state index is -0.581. The summed E-state index contributed by atoms with van der Waals surface area (Å²) >= 11 is 0. The van der Waals surface area contributed by atoms with Gasteiger partial charge in [-0.1, -0.05) is 32.0 Å². The molecule has 1 aliphatic heterocycles. The maximum Gasteiger partial charge on any atom is 0.241 e. The van der Waals surface area contributed by atoms with Crippen LogP contribution < -0.4 is 15.8 Å². The molecule has 1 aliphatic rings. The summed E-state index contributed by atoms with van der Waals surface area (Å²) < 4.78 is 5.92. The van der Waals surface area contributed by atoms with Crippen LogP contribution in [0.4, 0.5) is 0 Å². The number of nitrogens with two attached hydrogens (primary N) is 1. The van der Waals surface area contributed by atoms with Crippen molar-refractivity contribution in [3.8, 4) is 5.75 Å². The summed E-state index contributed by atoms with van der Waals surface area (Å²) in [6.07, 6.45) is 1.71. The van der Waals surface area contributed by atoms with E-state index in [1.54, 1.807) is 4.90 Å². The summed E-state index contributed by atoms with van der Waals surface area (Å²) in [4.78, 5) is 25.8. The number of halogens is 1. The van der Waals surface area contributed by atoms with Crippen molar-refractivity contribution in [2.24, 2.45) is 11.7 Å². The van der Waals surface area contributed by atoms with Crippen molar-refractivity contribution in [1.82, 2.24) is 10.2 Å². The van der Waals surface area contributed by atoms with Gasteiger partial charge in [-0.2, -0.15) is 0 Å². The number of rotatable bonds is 6. The van der Waals surface area contributed by atoms with Gasteiger partial charge in [-0.25, -0.2) is 0 Å². The molecule has 2 rings (SSSR count). The van der Waals surface area contributed by atoms with Crippen LogP contribution in [0.15, 0.2) is 30.3 Å². The van der Waals surface area contributed by atoms with Crippen molar-refractivity contribution in [3.63, 3.8) is 0 Å². The predicted octanol–water partition coefficient (Wildman–Crippen LogP) is 1.58. The molecule has 7 heteroatoms. The smallest absolute Gasteiger partial charge is 0.241 e. The fraction of sp³-hybridized carbons (Fsp3) is 0.556. The molecule has 0 aliphatic carbocycles. The fourth-order valence-electron chi connectivity index (χ4n) is 2.61. The molecule has 1 aromatic carbocycles. The van der Waals surface area contributed by atoms with Crippen molar-refractivity contribution >= 4 is 24.2 Å². The number of carbonyl (C=O) groups is 2. The molecule has 1 saturated heterocycles. The lowest BCUT2D eigenvalue weighted by molar-refractivity contribution is -0.134. The summed E-state index contributed by atoms with van der Waals surface area (Å²) in [5.74, 6) is 0.557. The first kappa shape index (κ1) is 21.3. The van der Waals surface area contributed by atoms with E-state index in [4.69, 9.17) is 10.5 Å². The SMILES string of the molecule is CC(C)[C@H](N)C(=O)NCC(=O)N1CCC(Oc2ccccc2)CC1.Cl. The zero-order valence-electron chi connectivity index (χ0n) is 14.8. The van der Waals surface area contributed by atoms with E-state index in [9.17, 15) is 9.59 Å². The topological polar surface area (TPSA) is 84.7 Å². The summed E-state index contributed by atoms with van der Waals surface area (Å²) in [6, 6.07) is 9.13. The van der Waals surface area contributed by atoms with Crippen LogP contribution in [0.2, 0.25) is 0 Å². The molecular weight excluding hydrogens is 342 g/mol. The molecule has 1 atom stereocenters. The van der Waals surface area contributed by atoms with Gasteiger partial charge in [0, 0.05) is 25.9 Å². The number of ether oxygens (including phenoxy) is 1. The minimum absolute atomic E-state index is 0. The third-order valence-electron chi connectivity index (χ3n) is 4.28. The average molecular weight is 370 g/mol. The molecule has 1 aromatic rings. The van der Waals surface area contributed by atoms with Crippen LogP contribution in [0.5, 0.6) is 5.75 Å².